The number of rotatable bonds is 4. The predicted octanol–water partition coefficient (Wildman–Crippen LogP) is 2.89. The van der Waals surface area contributed by atoms with Gasteiger partial charge in [-0.2, -0.15) is 0 Å². The quantitative estimate of drug-likeness (QED) is 0.515. The predicted molar refractivity (Wildman–Crippen MR) is 73.3 cm³/mol. The largest absolute Gasteiger partial charge is 0.478 e. The number of carbonyl (C=O) groups excluding carboxylic acids is 1. The highest BCUT2D eigenvalue weighted by Crippen LogP contribution is 2.30. The summed E-state index contributed by atoms with van der Waals surface area (Å²) in [6, 6.07) is 1.84. The van der Waals surface area contributed by atoms with Crippen molar-refractivity contribution >= 4 is 18.0 Å². The van der Waals surface area contributed by atoms with Gasteiger partial charge in [0.2, 0.25) is 0 Å². The highest BCUT2D eigenvalue weighted by Gasteiger charge is 2.13. The van der Waals surface area contributed by atoms with Crippen LogP contribution >= 0.6 is 0 Å². The summed E-state index contributed by atoms with van der Waals surface area (Å²) in [5.41, 5.74) is 3.52. The first-order valence-corrected chi connectivity index (χ1v) is 6.09. The van der Waals surface area contributed by atoms with Crippen molar-refractivity contribution in [1.29, 1.82) is 0 Å². The third kappa shape index (κ3) is 3.68. The van der Waals surface area contributed by atoms with Gasteiger partial charge in [-0.15, -0.1) is 0 Å². The molecule has 1 rings (SSSR count). The van der Waals surface area contributed by atoms with E-state index in [1.165, 1.54) is 6.92 Å². The molecule has 0 atom stereocenters. The molecule has 0 spiro atoms. The fourth-order valence-corrected chi connectivity index (χ4v) is 2.12. The van der Waals surface area contributed by atoms with Gasteiger partial charge in [0.1, 0.15) is 5.75 Å². The SMILES string of the molecule is CCc1c(C=CC(=O)O)cc(C)c(OC(C)=O)c1C. The normalized spacial score (nSPS) is 10.7. The molecule has 0 saturated heterocycles. The van der Waals surface area contributed by atoms with Crippen LogP contribution in [0.15, 0.2) is 12.1 Å². The number of hydrogen-bond acceptors (Lipinski definition) is 3. The molecular formula is C15H18O4. The Hall–Kier alpha value is -2.10. The smallest absolute Gasteiger partial charge is 0.328 e. The molecule has 0 unspecified atom stereocenters. The van der Waals surface area contributed by atoms with Crippen LogP contribution in [0.4, 0.5) is 0 Å². The van der Waals surface area contributed by atoms with Crippen molar-refractivity contribution in [3.63, 3.8) is 0 Å². The van der Waals surface area contributed by atoms with E-state index in [-0.39, 0.29) is 5.97 Å². The minimum absolute atomic E-state index is 0.359. The lowest BCUT2D eigenvalue weighted by Crippen LogP contribution is -2.07. The Morgan fingerprint density at radius 2 is 2.00 bits per heavy atom. The summed E-state index contributed by atoms with van der Waals surface area (Å²) >= 11 is 0. The van der Waals surface area contributed by atoms with Crippen molar-refractivity contribution in [2.45, 2.75) is 34.1 Å². The molecule has 0 radical (unpaired) electrons. The summed E-state index contributed by atoms with van der Waals surface area (Å²) < 4.78 is 5.22. The molecule has 0 aromatic heterocycles. The van der Waals surface area contributed by atoms with Crippen LogP contribution in [0.25, 0.3) is 6.08 Å². The van der Waals surface area contributed by atoms with E-state index in [0.29, 0.717) is 5.75 Å². The van der Waals surface area contributed by atoms with E-state index in [4.69, 9.17) is 9.84 Å². The van der Waals surface area contributed by atoms with Gasteiger partial charge in [-0.1, -0.05) is 6.92 Å². The highest BCUT2D eigenvalue weighted by atomic mass is 16.5. The van der Waals surface area contributed by atoms with Gasteiger partial charge >= 0.3 is 11.9 Å². The molecule has 19 heavy (non-hydrogen) atoms. The second-order valence-electron chi connectivity index (χ2n) is 4.33. The Morgan fingerprint density at radius 3 is 2.47 bits per heavy atom. The van der Waals surface area contributed by atoms with Crippen molar-refractivity contribution in [3.8, 4) is 5.75 Å². The van der Waals surface area contributed by atoms with Gasteiger partial charge < -0.3 is 9.84 Å². The topological polar surface area (TPSA) is 63.6 Å². The van der Waals surface area contributed by atoms with Crippen LogP contribution in [0.5, 0.6) is 5.75 Å². The number of carboxylic acids is 1. The number of benzene rings is 1. The summed E-state index contributed by atoms with van der Waals surface area (Å²) in [5.74, 6) is -0.777. The molecule has 0 aliphatic rings. The Kier molecular flexibility index (Phi) is 4.87. The zero-order valence-electron chi connectivity index (χ0n) is 11.6. The maximum atomic E-state index is 11.1. The molecule has 0 heterocycles. The number of aliphatic carboxylic acids is 1. The Bertz CT molecular complexity index is 542. The van der Waals surface area contributed by atoms with E-state index in [1.54, 1.807) is 6.08 Å². The first-order chi connectivity index (χ1) is 8.86. The Morgan fingerprint density at radius 1 is 1.37 bits per heavy atom. The molecule has 4 nitrogen and oxygen atoms in total. The van der Waals surface area contributed by atoms with E-state index >= 15 is 0 Å². The zero-order valence-corrected chi connectivity index (χ0v) is 11.6. The summed E-state index contributed by atoms with van der Waals surface area (Å²) in [6.45, 7) is 7.06. The lowest BCUT2D eigenvalue weighted by atomic mass is 9.95. The van der Waals surface area contributed by atoms with Crippen LogP contribution in [0.1, 0.15) is 36.1 Å². The van der Waals surface area contributed by atoms with Crippen LogP contribution in [0, 0.1) is 13.8 Å². The molecule has 0 aliphatic carbocycles. The third-order valence-electron chi connectivity index (χ3n) is 2.88. The van der Waals surface area contributed by atoms with Gasteiger partial charge in [-0.3, -0.25) is 4.79 Å². The molecule has 1 aromatic carbocycles. The first kappa shape index (κ1) is 15.0. The lowest BCUT2D eigenvalue weighted by Gasteiger charge is -2.15. The third-order valence-corrected chi connectivity index (χ3v) is 2.88. The molecule has 0 amide bonds. The fraction of sp³-hybridized carbons (Fsp3) is 0.333. The second kappa shape index (κ2) is 6.18. The van der Waals surface area contributed by atoms with Crippen molar-refractivity contribution < 1.29 is 19.4 Å². The number of carboxylic acid groups (broad SMARTS) is 1. The molecule has 4 heteroatoms. The van der Waals surface area contributed by atoms with Gasteiger partial charge in [0.05, 0.1) is 0 Å². The maximum absolute atomic E-state index is 11.1. The zero-order chi connectivity index (χ0) is 14.6. The minimum atomic E-state index is -0.985. The summed E-state index contributed by atoms with van der Waals surface area (Å²) in [6.07, 6.45) is 3.41. The molecule has 0 aliphatic heterocycles. The second-order valence-corrected chi connectivity index (χ2v) is 4.33. The number of ether oxygens (including phenoxy) is 1. The van der Waals surface area contributed by atoms with Crippen LogP contribution in [-0.2, 0) is 16.0 Å². The minimum Gasteiger partial charge on any atom is -0.478 e. The van der Waals surface area contributed by atoms with Crippen molar-refractivity contribution in [1.82, 2.24) is 0 Å². The van der Waals surface area contributed by atoms with Crippen molar-refractivity contribution in [2.24, 2.45) is 0 Å². The van der Waals surface area contributed by atoms with Crippen LogP contribution in [0.3, 0.4) is 0 Å². The van der Waals surface area contributed by atoms with E-state index in [1.807, 2.05) is 26.8 Å². The van der Waals surface area contributed by atoms with Gasteiger partial charge in [0.25, 0.3) is 0 Å². The maximum Gasteiger partial charge on any atom is 0.328 e. The van der Waals surface area contributed by atoms with Gasteiger partial charge in [-0.05, 0) is 54.7 Å². The molecule has 0 fully saturated rings. The molecule has 1 aromatic rings. The molecule has 1 N–H and O–H groups in total. The number of esters is 1. The first-order valence-electron chi connectivity index (χ1n) is 6.09. The standard InChI is InChI=1S/C15H18O4/c1-5-13-10(3)15(19-11(4)16)9(2)8-12(13)6-7-14(17)18/h6-8H,5H2,1-4H3,(H,17,18). The summed E-state index contributed by atoms with van der Waals surface area (Å²) in [4.78, 5) is 21.7. The Balaban J connectivity index is 3.37. The van der Waals surface area contributed by atoms with Gasteiger partial charge in [-0.25, -0.2) is 4.79 Å². The molecule has 102 valence electrons. The van der Waals surface area contributed by atoms with Crippen LogP contribution in [-0.4, -0.2) is 17.0 Å². The van der Waals surface area contributed by atoms with E-state index in [9.17, 15) is 9.59 Å². The lowest BCUT2D eigenvalue weighted by molar-refractivity contribution is -0.132. The average Bonchev–Trinajstić information content (AvgIpc) is 2.31. The van der Waals surface area contributed by atoms with E-state index in [2.05, 4.69) is 0 Å². The fourth-order valence-electron chi connectivity index (χ4n) is 2.12. The monoisotopic (exact) mass is 262 g/mol. The van der Waals surface area contributed by atoms with Gasteiger partial charge in [0.15, 0.2) is 0 Å². The van der Waals surface area contributed by atoms with Crippen molar-refractivity contribution in [2.75, 3.05) is 0 Å². The van der Waals surface area contributed by atoms with Gasteiger partial charge in [0, 0.05) is 13.0 Å². The molecule has 0 bridgehead atoms. The average molecular weight is 262 g/mol. The Labute approximate surface area is 112 Å². The van der Waals surface area contributed by atoms with Crippen molar-refractivity contribution in [3.05, 3.63) is 34.4 Å². The van der Waals surface area contributed by atoms with Crippen LogP contribution < -0.4 is 4.74 Å². The van der Waals surface area contributed by atoms with E-state index in [0.717, 1.165) is 34.8 Å². The molecular weight excluding hydrogens is 244 g/mol. The summed E-state index contributed by atoms with van der Waals surface area (Å²) in [5, 5.41) is 8.69. The molecule has 0 saturated carbocycles. The van der Waals surface area contributed by atoms with Crippen LogP contribution in [0.2, 0.25) is 0 Å². The number of carbonyl (C=O) groups is 2. The summed E-state index contributed by atoms with van der Waals surface area (Å²) in [7, 11) is 0. The van der Waals surface area contributed by atoms with E-state index < -0.39 is 5.97 Å². The number of hydrogen-bond donors (Lipinski definition) is 1. The number of aryl methyl sites for hydroxylation is 1. The highest BCUT2D eigenvalue weighted by molar-refractivity contribution is 5.86.